The van der Waals surface area contributed by atoms with Gasteiger partial charge in [-0.1, -0.05) is 25.3 Å². The third-order valence-corrected chi connectivity index (χ3v) is 0. The van der Waals surface area contributed by atoms with Crippen molar-refractivity contribution in [2.45, 2.75) is 0 Å². The smallest absolute Gasteiger partial charge is 0.130 e. The summed E-state index contributed by atoms with van der Waals surface area (Å²) in [6.45, 7) is 0. The predicted octanol–water partition coefficient (Wildman–Crippen LogP) is 0.790. The second-order valence-corrected chi connectivity index (χ2v) is 0.600. The van der Waals surface area contributed by atoms with Gasteiger partial charge in [-0.15, -0.1) is 0 Å². The zero-order valence-corrected chi connectivity index (χ0v) is 7.33. The molecule has 0 fully saturated rings. The zero-order valence-electron chi connectivity index (χ0n) is 3.46. The molecule has 0 saturated carbocycles. The molecule has 50 valence electrons. The first-order chi connectivity index (χ1) is 2.83. The summed E-state index contributed by atoms with van der Waals surface area (Å²) >= 11 is 6.19. The summed E-state index contributed by atoms with van der Waals surface area (Å²) in [6.07, 6.45) is 0. The maximum absolute atomic E-state index is 7.18. The molecular weight excluding hydrogens is 234 g/mol. The Bertz CT molecular complexity index is 71.0. The van der Waals surface area contributed by atoms with E-state index in [1.807, 2.05) is 0 Å². The van der Waals surface area contributed by atoms with Crippen LogP contribution in [0.15, 0.2) is 0 Å². The summed E-state index contributed by atoms with van der Waals surface area (Å²) in [4.78, 5) is 0. The SMILES string of the molecule is N#CS.N#CS.[Co].[Co]. The van der Waals surface area contributed by atoms with Crippen LogP contribution in [-0.2, 0) is 33.6 Å². The van der Waals surface area contributed by atoms with Crippen molar-refractivity contribution in [3.8, 4) is 10.8 Å². The minimum atomic E-state index is 0. The van der Waals surface area contributed by atoms with Gasteiger partial charge in [0.05, 0.1) is 0 Å². The van der Waals surface area contributed by atoms with Crippen LogP contribution in [-0.4, -0.2) is 0 Å². The van der Waals surface area contributed by atoms with E-state index >= 15 is 0 Å². The van der Waals surface area contributed by atoms with Gasteiger partial charge in [0.2, 0.25) is 0 Å². The normalized spacial score (nSPS) is 2.00. The molecule has 6 heteroatoms. The summed E-state index contributed by atoms with van der Waals surface area (Å²) in [5.41, 5.74) is 0. The summed E-state index contributed by atoms with van der Waals surface area (Å²) in [6, 6.07) is 0. The van der Waals surface area contributed by atoms with Crippen LogP contribution in [0.25, 0.3) is 0 Å². The van der Waals surface area contributed by atoms with Crippen LogP contribution in [0.4, 0.5) is 0 Å². The Labute approximate surface area is 79.8 Å². The molecule has 0 rings (SSSR count). The van der Waals surface area contributed by atoms with Crippen molar-refractivity contribution in [2.24, 2.45) is 0 Å². The minimum Gasteiger partial charge on any atom is -0.185 e. The van der Waals surface area contributed by atoms with Crippen LogP contribution in [0, 0.1) is 21.3 Å². The maximum Gasteiger partial charge on any atom is 0.130 e. The van der Waals surface area contributed by atoms with Gasteiger partial charge < -0.3 is 0 Å². The molecule has 0 unspecified atom stereocenters. The molecule has 0 N–H and O–H groups in total. The molecule has 0 aliphatic carbocycles. The summed E-state index contributed by atoms with van der Waals surface area (Å²) in [5, 5.41) is 17.3. The van der Waals surface area contributed by atoms with Gasteiger partial charge in [0, 0.05) is 33.6 Å². The van der Waals surface area contributed by atoms with Crippen LogP contribution >= 0.6 is 25.3 Å². The molecule has 0 spiro atoms. The van der Waals surface area contributed by atoms with Crippen LogP contribution in [0.5, 0.6) is 0 Å². The van der Waals surface area contributed by atoms with Crippen LogP contribution < -0.4 is 0 Å². The van der Waals surface area contributed by atoms with E-state index in [0.29, 0.717) is 0 Å². The van der Waals surface area contributed by atoms with E-state index in [1.54, 1.807) is 0 Å². The molecule has 0 saturated heterocycles. The number of nitrogens with zero attached hydrogens (tertiary/aromatic N) is 2. The van der Waals surface area contributed by atoms with Gasteiger partial charge in [0.25, 0.3) is 0 Å². The van der Waals surface area contributed by atoms with E-state index in [4.69, 9.17) is 10.5 Å². The average molecular weight is 236 g/mol. The number of hydrogen-bond acceptors (Lipinski definition) is 4. The summed E-state index contributed by atoms with van der Waals surface area (Å²) in [7, 11) is 0. The first-order valence-electron chi connectivity index (χ1n) is 0.894. The molecular formula is C2H2Co2N2S2. The van der Waals surface area contributed by atoms with E-state index in [2.05, 4.69) is 25.3 Å². The third-order valence-electron chi connectivity index (χ3n) is 0. The Morgan fingerprint density at radius 1 is 0.875 bits per heavy atom. The van der Waals surface area contributed by atoms with Gasteiger partial charge in [-0.25, -0.2) is 0 Å². The first kappa shape index (κ1) is 23.4. The monoisotopic (exact) mass is 236 g/mol. The standard InChI is InChI=1S/2CHNS.2Co/c2*2-1-3;;/h2*3H;;. The van der Waals surface area contributed by atoms with E-state index in [-0.39, 0.29) is 33.6 Å². The van der Waals surface area contributed by atoms with Gasteiger partial charge in [-0.3, -0.25) is 0 Å². The van der Waals surface area contributed by atoms with Gasteiger partial charge in [0.15, 0.2) is 0 Å². The van der Waals surface area contributed by atoms with Gasteiger partial charge in [0.1, 0.15) is 10.8 Å². The van der Waals surface area contributed by atoms with E-state index in [9.17, 15) is 0 Å². The predicted molar refractivity (Wildman–Crippen MR) is 29.2 cm³/mol. The molecule has 0 aliphatic heterocycles. The Morgan fingerprint density at radius 3 is 0.875 bits per heavy atom. The largest absolute Gasteiger partial charge is 0.185 e. The quantitative estimate of drug-likeness (QED) is 0.482. The molecule has 0 aromatic rings. The zero-order chi connectivity index (χ0) is 5.41. The van der Waals surface area contributed by atoms with Gasteiger partial charge in [-0.05, 0) is 0 Å². The molecule has 0 aromatic carbocycles. The van der Waals surface area contributed by atoms with Crippen molar-refractivity contribution >= 4 is 25.3 Å². The van der Waals surface area contributed by atoms with Crippen molar-refractivity contribution in [3.63, 3.8) is 0 Å². The van der Waals surface area contributed by atoms with Gasteiger partial charge in [-0.2, -0.15) is 10.5 Å². The molecule has 0 amide bonds. The second kappa shape index (κ2) is 47.5. The van der Waals surface area contributed by atoms with Crippen molar-refractivity contribution in [3.05, 3.63) is 0 Å². The van der Waals surface area contributed by atoms with Crippen LogP contribution in [0.2, 0.25) is 0 Å². The average Bonchev–Trinajstić information content (AvgIpc) is 1.39. The number of rotatable bonds is 0. The molecule has 8 heavy (non-hydrogen) atoms. The molecule has 0 atom stereocenters. The Morgan fingerprint density at radius 2 is 0.875 bits per heavy atom. The van der Waals surface area contributed by atoms with E-state index in [0.717, 1.165) is 0 Å². The number of hydrogen-bond donors (Lipinski definition) is 2. The van der Waals surface area contributed by atoms with Crippen molar-refractivity contribution < 1.29 is 33.6 Å². The molecule has 0 bridgehead atoms. The summed E-state index contributed by atoms with van der Waals surface area (Å²) < 4.78 is 0. The Kier molecular flexibility index (Phi) is 139. The topological polar surface area (TPSA) is 47.6 Å². The molecule has 0 heterocycles. The maximum atomic E-state index is 7.18. The number of nitriles is 2. The molecule has 2 nitrogen and oxygen atoms in total. The molecule has 0 aromatic heterocycles. The van der Waals surface area contributed by atoms with Crippen LogP contribution in [0.1, 0.15) is 0 Å². The fourth-order valence-electron chi connectivity index (χ4n) is 0. The molecule has 0 aliphatic rings. The second-order valence-electron chi connectivity index (χ2n) is 0.200. The fourth-order valence-corrected chi connectivity index (χ4v) is 0. The minimum absolute atomic E-state index is 0. The van der Waals surface area contributed by atoms with Gasteiger partial charge >= 0.3 is 0 Å². The fraction of sp³-hybridized carbons (Fsp3) is 0. The number of thiocyanates is 2. The molecule has 2 radical (unpaired) electrons. The van der Waals surface area contributed by atoms with Crippen molar-refractivity contribution in [2.75, 3.05) is 0 Å². The Balaban J connectivity index is -0.0000000160. The Hall–Kier alpha value is 0.693. The van der Waals surface area contributed by atoms with E-state index in [1.165, 1.54) is 10.8 Å². The first-order valence-corrected chi connectivity index (χ1v) is 1.79. The van der Waals surface area contributed by atoms with Crippen molar-refractivity contribution in [1.82, 2.24) is 0 Å². The summed E-state index contributed by atoms with van der Waals surface area (Å²) in [5.74, 6) is 0. The van der Waals surface area contributed by atoms with Crippen LogP contribution in [0.3, 0.4) is 0 Å². The third kappa shape index (κ3) is 452. The van der Waals surface area contributed by atoms with Crippen molar-refractivity contribution in [1.29, 1.82) is 10.5 Å². The number of thiol groups is 2. The van der Waals surface area contributed by atoms with E-state index < -0.39 is 0 Å².